The lowest BCUT2D eigenvalue weighted by Crippen LogP contribution is -2.25. The summed E-state index contributed by atoms with van der Waals surface area (Å²) in [5.41, 5.74) is 2.96. The number of hydrogen-bond donors (Lipinski definition) is 0. The summed E-state index contributed by atoms with van der Waals surface area (Å²) in [6.45, 7) is 3.47. The lowest BCUT2D eigenvalue weighted by atomic mass is 9.86. The van der Waals surface area contributed by atoms with E-state index in [9.17, 15) is 4.39 Å². The van der Waals surface area contributed by atoms with Crippen LogP contribution in [0.4, 0.5) is 4.39 Å². The van der Waals surface area contributed by atoms with E-state index in [1.54, 1.807) is 0 Å². The Morgan fingerprint density at radius 3 is 2.78 bits per heavy atom. The van der Waals surface area contributed by atoms with Crippen molar-refractivity contribution in [2.45, 2.75) is 12.5 Å². The normalized spacial score (nSPS) is 22.8. The summed E-state index contributed by atoms with van der Waals surface area (Å²) in [5, 5.41) is 9.12. The Morgan fingerprint density at radius 1 is 1.17 bits per heavy atom. The third-order valence-electron chi connectivity index (χ3n) is 4.83. The van der Waals surface area contributed by atoms with Gasteiger partial charge in [-0.05, 0) is 35.9 Å². The van der Waals surface area contributed by atoms with E-state index in [0.717, 1.165) is 43.1 Å². The van der Waals surface area contributed by atoms with Crippen molar-refractivity contribution in [3.8, 4) is 11.8 Å². The molecule has 0 aliphatic carbocycles. The predicted molar refractivity (Wildman–Crippen MR) is 84.6 cm³/mol. The standard InChI is InChI=1S/C19H17FN2O/c20-16-4-1-13(2-5-16)9-22-10-15-12-23-19-6-3-14(8-21)7-17(19)18(15)11-22/h1-7,15,18H,9-12H2/t15-,18+/m1/s1. The van der Waals surface area contributed by atoms with Crippen molar-refractivity contribution in [1.82, 2.24) is 4.90 Å². The zero-order chi connectivity index (χ0) is 15.8. The Morgan fingerprint density at radius 2 is 2.00 bits per heavy atom. The number of halogens is 1. The molecule has 2 aromatic carbocycles. The Labute approximate surface area is 134 Å². The van der Waals surface area contributed by atoms with Crippen molar-refractivity contribution in [1.29, 1.82) is 5.26 Å². The SMILES string of the molecule is N#Cc1ccc2c(c1)[C@H]1CN(Cc3ccc(F)cc3)C[C@@H]1CO2. The zero-order valence-electron chi connectivity index (χ0n) is 12.7. The van der Waals surface area contributed by atoms with Crippen molar-refractivity contribution in [2.75, 3.05) is 19.7 Å². The molecular weight excluding hydrogens is 291 g/mol. The van der Waals surface area contributed by atoms with Crippen LogP contribution in [0.5, 0.6) is 5.75 Å². The van der Waals surface area contributed by atoms with Gasteiger partial charge in [0, 0.05) is 37.0 Å². The average molecular weight is 308 g/mol. The third kappa shape index (κ3) is 2.69. The molecule has 0 N–H and O–H groups in total. The molecule has 0 radical (unpaired) electrons. The summed E-state index contributed by atoms with van der Waals surface area (Å²) >= 11 is 0. The van der Waals surface area contributed by atoms with Crippen molar-refractivity contribution in [2.24, 2.45) is 5.92 Å². The molecule has 2 aromatic rings. The van der Waals surface area contributed by atoms with Crippen LogP contribution in [0, 0.1) is 23.1 Å². The first-order valence-electron chi connectivity index (χ1n) is 7.86. The molecule has 0 amide bonds. The van der Waals surface area contributed by atoms with E-state index in [1.807, 2.05) is 30.3 Å². The Kier molecular flexibility index (Phi) is 3.51. The maximum atomic E-state index is 13.0. The van der Waals surface area contributed by atoms with Crippen LogP contribution in [-0.2, 0) is 6.54 Å². The molecule has 2 atom stereocenters. The van der Waals surface area contributed by atoms with E-state index in [2.05, 4.69) is 11.0 Å². The Hall–Kier alpha value is -2.38. The number of likely N-dealkylation sites (tertiary alicyclic amines) is 1. The van der Waals surface area contributed by atoms with Gasteiger partial charge in [-0.25, -0.2) is 4.39 Å². The third-order valence-corrected chi connectivity index (χ3v) is 4.83. The monoisotopic (exact) mass is 308 g/mol. The summed E-state index contributed by atoms with van der Waals surface area (Å²) in [6, 6.07) is 14.6. The lowest BCUT2D eigenvalue weighted by Gasteiger charge is -2.27. The van der Waals surface area contributed by atoms with Crippen LogP contribution < -0.4 is 4.74 Å². The van der Waals surface area contributed by atoms with Crippen molar-refractivity contribution in [3.63, 3.8) is 0 Å². The van der Waals surface area contributed by atoms with Crippen LogP contribution in [0.25, 0.3) is 0 Å². The summed E-state index contributed by atoms with van der Waals surface area (Å²) in [5.74, 6) is 1.58. The zero-order valence-corrected chi connectivity index (χ0v) is 12.7. The summed E-state index contributed by atoms with van der Waals surface area (Å²) in [4.78, 5) is 2.39. The van der Waals surface area contributed by atoms with Gasteiger partial charge in [0.25, 0.3) is 0 Å². The van der Waals surface area contributed by atoms with E-state index in [0.29, 0.717) is 17.4 Å². The second-order valence-electron chi connectivity index (χ2n) is 6.36. The van der Waals surface area contributed by atoms with E-state index < -0.39 is 0 Å². The number of hydrogen-bond acceptors (Lipinski definition) is 3. The largest absolute Gasteiger partial charge is 0.493 e. The molecule has 2 aliphatic heterocycles. The van der Waals surface area contributed by atoms with Crippen LogP contribution in [0.3, 0.4) is 0 Å². The van der Waals surface area contributed by atoms with E-state index in [-0.39, 0.29) is 5.82 Å². The minimum atomic E-state index is -0.199. The molecule has 1 fully saturated rings. The van der Waals surface area contributed by atoms with Crippen molar-refractivity contribution >= 4 is 0 Å². The molecule has 23 heavy (non-hydrogen) atoms. The highest BCUT2D eigenvalue weighted by Gasteiger charge is 2.38. The van der Waals surface area contributed by atoms with Gasteiger partial charge in [0.2, 0.25) is 0 Å². The van der Waals surface area contributed by atoms with Crippen molar-refractivity contribution in [3.05, 3.63) is 65.0 Å². The highest BCUT2D eigenvalue weighted by atomic mass is 19.1. The molecule has 116 valence electrons. The fraction of sp³-hybridized carbons (Fsp3) is 0.316. The lowest BCUT2D eigenvalue weighted by molar-refractivity contribution is 0.212. The molecular formula is C19H17FN2O. The molecule has 0 spiro atoms. The number of rotatable bonds is 2. The minimum absolute atomic E-state index is 0.199. The van der Waals surface area contributed by atoms with Gasteiger partial charge in [-0.3, -0.25) is 4.90 Å². The molecule has 0 bridgehead atoms. The highest BCUT2D eigenvalue weighted by molar-refractivity contribution is 5.46. The van der Waals surface area contributed by atoms with E-state index in [1.165, 1.54) is 12.1 Å². The van der Waals surface area contributed by atoms with E-state index in [4.69, 9.17) is 10.00 Å². The second-order valence-corrected chi connectivity index (χ2v) is 6.36. The quantitative estimate of drug-likeness (QED) is 0.854. The summed E-state index contributed by atoms with van der Waals surface area (Å²) < 4.78 is 18.9. The van der Waals surface area contributed by atoms with Gasteiger partial charge < -0.3 is 4.74 Å². The van der Waals surface area contributed by atoms with Crippen LogP contribution in [0.15, 0.2) is 42.5 Å². The van der Waals surface area contributed by atoms with Crippen LogP contribution in [0.2, 0.25) is 0 Å². The smallest absolute Gasteiger partial charge is 0.123 e. The Balaban J connectivity index is 1.54. The van der Waals surface area contributed by atoms with Crippen LogP contribution >= 0.6 is 0 Å². The summed E-state index contributed by atoms with van der Waals surface area (Å²) in [7, 11) is 0. The molecule has 4 heteroatoms. The number of nitrogens with zero attached hydrogens (tertiary/aromatic N) is 2. The first-order valence-corrected chi connectivity index (χ1v) is 7.86. The molecule has 2 heterocycles. The predicted octanol–water partition coefficient (Wildman–Crippen LogP) is 3.31. The summed E-state index contributed by atoms with van der Waals surface area (Å²) in [6.07, 6.45) is 0. The maximum absolute atomic E-state index is 13.0. The van der Waals surface area contributed by atoms with Crippen molar-refractivity contribution < 1.29 is 9.13 Å². The molecule has 0 aromatic heterocycles. The molecule has 2 aliphatic rings. The van der Waals surface area contributed by atoms with Crippen LogP contribution in [-0.4, -0.2) is 24.6 Å². The first kappa shape index (κ1) is 14.2. The fourth-order valence-electron chi connectivity index (χ4n) is 3.69. The van der Waals surface area contributed by atoms with Gasteiger partial charge in [-0.2, -0.15) is 5.26 Å². The highest BCUT2D eigenvalue weighted by Crippen LogP contribution is 2.42. The van der Waals surface area contributed by atoms with Gasteiger partial charge >= 0.3 is 0 Å². The first-order chi connectivity index (χ1) is 11.2. The van der Waals surface area contributed by atoms with Gasteiger partial charge in [-0.15, -0.1) is 0 Å². The van der Waals surface area contributed by atoms with Gasteiger partial charge in [0.15, 0.2) is 0 Å². The van der Waals surface area contributed by atoms with E-state index >= 15 is 0 Å². The van der Waals surface area contributed by atoms with Crippen LogP contribution in [0.1, 0.15) is 22.6 Å². The molecule has 1 saturated heterocycles. The molecule has 0 unspecified atom stereocenters. The van der Waals surface area contributed by atoms with Gasteiger partial charge in [0.05, 0.1) is 18.2 Å². The topological polar surface area (TPSA) is 36.3 Å². The maximum Gasteiger partial charge on any atom is 0.123 e. The molecule has 4 rings (SSSR count). The molecule has 0 saturated carbocycles. The Bertz CT molecular complexity index is 766. The van der Waals surface area contributed by atoms with Gasteiger partial charge in [-0.1, -0.05) is 12.1 Å². The fourth-order valence-corrected chi connectivity index (χ4v) is 3.69. The second kappa shape index (κ2) is 5.68. The molecule has 3 nitrogen and oxygen atoms in total. The number of nitriles is 1. The number of fused-ring (bicyclic) bond motifs is 3. The number of benzene rings is 2. The average Bonchev–Trinajstić information content (AvgIpc) is 2.99. The minimum Gasteiger partial charge on any atom is -0.493 e. The van der Waals surface area contributed by atoms with Gasteiger partial charge in [0.1, 0.15) is 11.6 Å². The number of ether oxygens (including phenoxy) is 1.